The molecule has 1 atom stereocenters. The lowest BCUT2D eigenvalue weighted by Crippen LogP contribution is -2.47. The summed E-state index contributed by atoms with van der Waals surface area (Å²) in [6.07, 6.45) is -0.324. The number of ether oxygens (including phenoxy) is 1. The minimum absolute atomic E-state index is 0.148. The Morgan fingerprint density at radius 3 is 2.40 bits per heavy atom. The van der Waals surface area contributed by atoms with E-state index in [-0.39, 0.29) is 19.4 Å². The molecule has 5 N–H and O–H groups in total. The number of urea groups is 1. The van der Waals surface area contributed by atoms with E-state index in [4.69, 9.17) is 10.2 Å². The first-order valence-electron chi connectivity index (χ1n) is 5.50. The number of hydrogen-bond donors (Lipinski definition) is 4. The zero-order valence-corrected chi connectivity index (χ0v) is 11.6. The lowest BCUT2D eigenvalue weighted by molar-refractivity contribution is -0.142. The smallest absolute Gasteiger partial charge is 0.326 e. The van der Waals surface area contributed by atoms with E-state index in [0.717, 1.165) is 7.11 Å². The zero-order chi connectivity index (χ0) is 15.8. The second-order valence-corrected chi connectivity index (χ2v) is 5.51. The van der Waals surface area contributed by atoms with E-state index in [1.54, 1.807) is 0 Å². The van der Waals surface area contributed by atoms with Gasteiger partial charge in [0.1, 0.15) is 6.04 Å². The van der Waals surface area contributed by atoms with Crippen LogP contribution in [-0.2, 0) is 24.3 Å². The number of rotatable bonds is 8. The molecule has 10 nitrogen and oxygen atoms in total. The van der Waals surface area contributed by atoms with E-state index in [9.17, 15) is 22.8 Å². The molecule has 0 aliphatic carbocycles. The molecule has 0 rings (SSSR count). The first kappa shape index (κ1) is 18.1. The number of carboxylic acids is 1. The molecule has 0 aromatic carbocycles. The molecular formula is C9H17N3O7S. The summed E-state index contributed by atoms with van der Waals surface area (Å²) < 4.78 is 25.6. The van der Waals surface area contributed by atoms with Gasteiger partial charge in [-0.3, -0.25) is 4.79 Å². The van der Waals surface area contributed by atoms with Crippen LogP contribution in [0.25, 0.3) is 0 Å². The van der Waals surface area contributed by atoms with Gasteiger partial charge in [-0.05, 0) is 6.42 Å². The molecule has 0 bridgehead atoms. The van der Waals surface area contributed by atoms with Gasteiger partial charge in [-0.2, -0.15) is 0 Å². The molecule has 0 aromatic heterocycles. The first-order valence-corrected chi connectivity index (χ1v) is 7.21. The fourth-order valence-corrected chi connectivity index (χ4v) is 1.52. The Morgan fingerprint density at radius 2 is 1.95 bits per heavy atom. The van der Waals surface area contributed by atoms with Crippen molar-refractivity contribution in [3.63, 3.8) is 0 Å². The summed E-state index contributed by atoms with van der Waals surface area (Å²) in [5.41, 5.74) is 0. The van der Waals surface area contributed by atoms with Crippen LogP contribution in [0.3, 0.4) is 0 Å². The molecule has 20 heavy (non-hydrogen) atoms. The topological polar surface area (TPSA) is 165 Å². The van der Waals surface area contributed by atoms with Crippen molar-refractivity contribution in [3.05, 3.63) is 0 Å². The number of amides is 2. The highest BCUT2D eigenvalue weighted by atomic mass is 32.2. The number of methoxy groups -OCH3 is 1. The van der Waals surface area contributed by atoms with Gasteiger partial charge in [-0.15, -0.1) is 0 Å². The summed E-state index contributed by atoms with van der Waals surface area (Å²) in [4.78, 5) is 33.1. The molecule has 116 valence electrons. The highest BCUT2D eigenvalue weighted by Crippen LogP contribution is 1.99. The van der Waals surface area contributed by atoms with Crippen molar-refractivity contribution in [1.82, 2.24) is 10.6 Å². The highest BCUT2D eigenvalue weighted by Gasteiger charge is 2.21. The van der Waals surface area contributed by atoms with Gasteiger partial charge in [-0.1, -0.05) is 0 Å². The molecule has 11 heteroatoms. The third-order valence-electron chi connectivity index (χ3n) is 2.14. The molecule has 0 saturated heterocycles. The quantitative estimate of drug-likeness (QED) is 0.375. The Bertz CT molecular complexity index is 462. The van der Waals surface area contributed by atoms with Gasteiger partial charge in [0.05, 0.1) is 12.9 Å². The summed E-state index contributed by atoms with van der Waals surface area (Å²) in [7, 11) is -2.55. The molecule has 0 fully saturated rings. The summed E-state index contributed by atoms with van der Waals surface area (Å²) >= 11 is 0. The van der Waals surface area contributed by atoms with E-state index in [2.05, 4.69) is 15.4 Å². The largest absolute Gasteiger partial charge is 0.480 e. The summed E-state index contributed by atoms with van der Waals surface area (Å²) in [6, 6.07) is -2.16. The third-order valence-corrected chi connectivity index (χ3v) is 2.91. The molecule has 0 heterocycles. The molecule has 0 unspecified atom stereocenters. The number of esters is 1. The molecule has 0 aliphatic rings. The van der Waals surface area contributed by atoms with Gasteiger partial charge >= 0.3 is 18.0 Å². The predicted octanol–water partition coefficient (Wildman–Crippen LogP) is -2.02. The van der Waals surface area contributed by atoms with E-state index < -0.39 is 39.8 Å². The molecular weight excluding hydrogens is 294 g/mol. The van der Waals surface area contributed by atoms with Crippen molar-refractivity contribution in [2.75, 3.05) is 19.4 Å². The van der Waals surface area contributed by atoms with E-state index in [1.165, 1.54) is 0 Å². The Morgan fingerprint density at radius 1 is 1.35 bits per heavy atom. The summed E-state index contributed by atoms with van der Waals surface area (Å²) in [5, 5.41) is 17.8. The van der Waals surface area contributed by atoms with Crippen molar-refractivity contribution in [1.29, 1.82) is 0 Å². The zero-order valence-electron chi connectivity index (χ0n) is 10.8. The molecule has 0 spiro atoms. The van der Waals surface area contributed by atoms with Gasteiger partial charge in [0.2, 0.25) is 10.0 Å². The average molecular weight is 311 g/mol. The first-order chi connectivity index (χ1) is 9.15. The Hall–Kier alpha value is -1.88. The summed E-state index contributed by atoms with van der Waals surface area (Å²) in [6.45, 7) is -0.256. The van der Waals surface area contributed by atoms with E-state index in [1.807, 2.05) is 0 Å². The van der Waals surface area contributed by atoms with Crippen molar-refractivity contribution >= 4 is 28.0 Å². The number of carbonyl (C=O) groups is 3. The minimum atomic E-state index is -3.71. The second-order valence-electron chi connectivity index (χ2n) is 3.77. The van der Waals surface area contributed by atoms with Gasteiger partial charge < -0.3 is 20.5 Å². The third kappa shape index (κ3) is 9.10. The fourth-order valence-electron chi connectivity index (χ4n) is 1.14. The number of hydrogen-bond acceptors (Lipinski definition) is 6. The maximum atomic E-state index is 11.3. The molecule has 0 radical (unpaired) electrons. The lowest BCUT2D eigenvalue weighted by atomic mass is 10.1. The van der Waals surface area contributed by atoms with Gasteiger partial charge in [0.15, 0.2) is 0 Å². The molecule has 0 aliphatic heterocycles. The standard InChI is InChI=1S/C9H17N3O7S/c1-19-7(13)3-2-6(8(14)15)12-9(16)11-4-5-20(10,17)18/h6H,2-5H2,1H3,(H,14,15)(H2,10,17,18)(H2,11,12,16)/t6-/m1/s1. The predicted molar refractivity (Wildman–Crippen MR) is 67.2 cm³/mol. The number of nitrogens with one attached hydrogen (secondary N) is 2. The summed E-state index contributed by atoms with van der Waals surface area (Å²) in [5.74, 6) is -2.40. The van der Waals surface area contributed by atoms with Gasteiger partial charge in [0.25, 0.3) is 0 Å². The fraction of sp³-hybridized carbons (Fsp3) is 0.667. The number of carboxylic acid groups (broad SMARTS) is 1. The van der Waals surface area contributed by atoms with Crippen LogP contribution < -0.4 is 15.8 Å². The van der Waals surface area contributed by atoms with Crippen molar-refractivity contribution in [2.24, 2.45) is 5.14 Å². The van der Waals surface area contributed by atoms with Crippen molar-refractivity contribution in [2.45, 2.75) is 18.9 Å². The lowest BCUT2D eigenvalue weighted by Gasteiger charge is -2.14. The van der Waals surface area contributed by atoms with Crippen LogP contribution in [0, 0.1) is 0 Å². The maximum Gasteiger partial charge on any atom is 0.326 e. The Balaban J connectivity index is 4.21. The SMILES string of the molecule is COC(=O)CC[C@@H](NC(=O)NCCS(N)(=O)=O)C(=O)O. The number of sulfonamides is 1. The van der Waals surface area contributed by atoms with Crippen LogP contribution in [0.15, 0.2) is 0 Å². The second kappa shape index (κ2) is 8.32. The normalized spacial score (nSPS) is 12.3. The van der Waals surface area contributed by atoms with Gasteiger partial charge in [0, 0.05) is 13.0 Å². The number of nitrogens with two attached hydrogens (primary N) is 1. The molecule has 2 amide bonds. The number of carbonyl (C=O) groups excluding carboxylic acids is 2. The van der Waals surface area contributed by atoms with Crippen LogP contribution in [-0.4, -0.2) is 56.9 Å². The number of aliphatic carboxylic acids is 1. The number of primary sulfonamides is 1. The van der Waals surface area contributed by atoms with Crippen molar-refractivity contribution in [3.8, 4) is 0 Å². The van der Waals surface area contributed by atoms with Crippen LogP contribution in [0.2, 0.25) is 0 Å². The molecule has 0 saturated carbocycles. The minimum Gasteiger partial charge on any atom is -0.480 e. The van der Waals surface area contributed by atoms with Crippen LogP contribution in [0.4, 0.5) is 4.79 Å². The van der Waals surface area contributed by atoms with Gasteiger partial charge in [-0.25, -0.2) is 23.1 Å². The molecule has 0 aromatic rings. The monoisotopic (exact) mass is 311 g/mol. The van der Waals surface area contributed by atoms with Crippen LogP contribution >= 0.6 is 0 Å². The highest BCUT2D eigenvalue weighted by molar-refractivity contribution is 7.89. The van der Waals surface area contributed by atoms with E-state index >= 15 is 0 Å². The van der Waals surface area contributed by atoms with E-state index in [0.29, 0.717) is 0 Å². The average Bonchev–Trinajstić information content (AvgIpc) is 2.31. The maximum absolute atomic E-state index is 11.3. The Labute approximate surface area is 115 Å². The van der Waals surface area contributed by atoms with Crippen LogP contribution in [0.5, 0.6) is 0 Å². The van der Waals surface area contributed by atoms with Crippen molar-refractivity contribution < 1.29 is 32.6 Å². The Kier molecular flexibility index (Phi) is 7.54. The van der Waals surface area contributed by atoms with Crippen LogP contribution in [0.1, 0.15) is 12.8 Å².